The van der Waals surface area contributed by atoms with Crippen molar-refractivity contribution in [1.29, 1.82) is 0 Å². The highest BCUT2D eigenvalue weighted by Gasteiger charge is 2.13. The Morgan fingerprint density at radius 3 is 2.39 bits per heavy atom. The van der Waals surface area contributed by atoms with Gasteiger partial charge < -0.3 is 10.6 Å². The van der Waals surface area contributed by atoms with Crippen LogP contribution in [0, 0.1) is 12.8 Å². The molecule has 0 bridgehead atoms. The highest BCUT2D eigenvalue weighted by atomic mass is 15.1. The summed E-state index contributed by atoms with van der Waals surface area (Å²) in [6.45, 7) is 9.75. The summed E-state index contributed by atoms with van der Waals surface area (Å²) in [7, 11) is 0. The number of nitrogens with zero attached hydrogens (tertiary/aromatic N) is 1. The molecule has 0 aliphatic carbocycles. The predicted octanol–water partition coefficient (Wildman–Crippen LogP) is 3.59. The van der Waals surface area contributed by atoms with Crippen LogP contribution in [0.25, 0.3) is 0 Å². The van der Waals surface area contributed by atoms with E-state index in [1.807, 2.05) is 0 Å². The number of benzene rings is 1. The fourth-order valence-corrected chi connectivity index (χ4v) is 2.37. The first kappa shape index (κ1) is 15.0. The van der Waals surface area contributed by atoms with E-state index in [2.05, 4.69) is 49.9 Å². The number of hydrogen-bond donors (Lipinski definition) is 1. The number of aryl methyl sites for hydroxylation is 1. The van der Waals surface area contributed by atoms with Gasteiger partial charge in [-0.15, -0.1) is 0 Å². The number of anilines is 1. The zero-order valence-electron chi connectivity index (χ0n) is 12.2. The predicted molar refractivity (Wildman–Crippen MR) is 81.1 cm³/mol. The molecule has 0 aliphatic rings. The van der Waals surface area contributed by atoms with Crippen molar-refractivity contribution >= 4 is 5.69 Å². The van der Waals surface area contributed by atoms with Crippen molar-refractivity contribution in [2.45, 2.75) is 40.0 Å². The van der Waals surface area contributed by atoms with E-state index in [1.165, 1.54) is 24.1 Å². The van der Waals surface area contributed by atoms with Gasteiger partial charge in [-0.3, -0.25) is 0 Å². The summed E-state index contributed by atoms with van der Waals surface area (Å²) in [6, 6.07) is 8.66. The molecule has 0 radical (unpaired) electrons. The van der Waals surface area contributed by atoms with Crippen molar-refractivity contribution in [2.24, 2.45) is 11.7 Å². The summed E-state index contributed by atoms with van der Waals surface area (Å²) in [6.07, 6.45) is 3.57. The van der Waals surface area contributed by atoms with Gasteiger partial charge in [0.1, 0.15) is 0 Å². The second-order valence-electron chi connectivity index (χ2n) is 5.06. The van der Waals surface area contributed by atoms with Gasteiger partial charge in [-0.25, -0.2) is 0 Å². The van der Waals surface area contributed by atoms with Crippen molar-refractivity contribution in [2.75, 3.05) is 24.5 Å². The van der Waals surface area contributed by atoms with Gasteiger partial charge in [0.15, 0.2) is 0 Å². The third-order valence-corrected chi connectivity index (χ3v) is 3.72. The minimum atomic E-state index is 0.769. The molecule has 0 amide bonds. The normalized spacial score (nSPS) is 10.9. The summed E-state index contributed by atoms with van der Waals surface area (Å²) in [5, 5.41) is 0. The Hall–Kier alpha value is -1.02. The van der Waals surface area contributed by atoms with E-state index in [-0.39, 0.29) is 0 Å². The van der Waals surface area contributed by atoms with Crippen molar-refractivity contribution in [3.05, 3.63) is 29.8 Å². The first-order valence-electron chi connectivity index (χ1n) is 7.23. The van der Waals surface area contributed by atoms with Crippen molar-refractivity contribution < 1.29 is 0 Å². The molecule has 0 aliphatic heterocycles. The molecule has 0 spiro atoms. The van der Waals surface area contributed by atoms with Gasteiger partial charge in [0.25, 0.3) is 0 Å². The largest absolute Gasteiger partial charge is 0.371 e. The maximum absolute atomic E-state index is 5.66. The number of nitrogens with two attached hydrogens (primary N) is 1. The third-order valence-electron chi connectivity index (χ3n) is 3.72. The van der Waals surface area contributed by atoms with Crippen LogP contribution in [0.3, 0.4) is 0 Å². The molecule has 1 aromatic rings. The van der Waals surface area contributed by atoms with Crippen LogP contribution in [-0.2, 0) is 0 Å². The number of para-hydroxylation sites is 1. The van der Waals surface area contributed by atoms with Crippen LogP contribution in [-0.4, -0.2) is 19.6 Å². The molecule has 0 unspecified atom stereocenters. The van der Waals surface area contributed by atoms with Crippen molar-refractivity contribution in [3.8, 4) is 0 Å². The topological polar surface area (TPSA) is 29.3 Å². The van der Waals surface area contributed by atoms with Crippen LogP contribution in [0.4, 0.5) is 5.69 Å². The molecule has 1 aromatic carbocycles. The lowest BCUT2D eigenvalue weighted by Crippen LogP contribution is -2.31. The van der Waals surface area contributed by atoms with E-state index in [1.54, 1.807) is 0 Å². The van der Waals surface area contributed by atoms with E-state index in [0.29, 0.717) is 0 Å². The smallest absolute Gasteiger partial charge is 0.0396 e. The van der Waals surface area contributed by atoms with Crippen LogP contribution in [0.5, 0.6) is 0 Å². The number of hydrogen-bond acceptors (Lipinski definition) is 2. The van der Waals surface area contributed by atoms with Gasteiger partial charge in [0, 0.05) is 18.8 Å². The maximum atomic E-state index is 5.66. The minimum absolute atomic E-state index is 0.769. The second-order valence-corrected chi connectivity index (χ2v) is 5.06. The molecular formula is C16H28N2. The first-order valence-corrected chi connectivity index (χ1v) is 7.23. The van der Waals surface area contributed by atoms with E-state index in [4.69, 9.17) is 5.73 Å². The molecule has 2 nitrogen and oxygen atoms in total. The minimum Gasteiger partial charge on any atom is -0.371 e. The van der Waals surface area contributed by atoms with Crippen LogP contribution >= 0.6 is 0 Å². The highest BCUT2D eigenvalue weighted by Crippen LogP contribution is 2.22. The van der Waals surface area contributed by atoms with E-state index >= 15 is 0 Å². The zero-order valence-corrected chi connectivity index (χ0v) is 12.2. The molecule has 2 heteroatoms. The average Bonchev–Trinajstić information content (AvgIpc) is 2.40. The van der Waals surface area contributed by atoms with Gasteiger partial charge in [0.05, 0.1) is 0 Å². The monoisotopic (exact) mass is 248 g/mol. The van der Waals surface area contributed by atoms with Gasteiger partial charge in [-0.1, -0.05) is 44.9 Å². The summed E-state index contributed by atoms with van der Waals surface area (Å²) >= 11 is 0. The van der Waals surface area contributed by atoms with Gasteiger partial charge in [-0.05, 0) is 37.4 Å². The molecule has 102 valence electrons. The second kappa shape index (κ2) is 8.15. The summed E-state index contributed by atoms with van der Waals surface area (Å²) < 4.78 is 0. The fourth-order valence-electron chi connectivity index (χ4n) is 2.37. The van der Waals surface area contributed by atoms with E-state index in [9.17, 15) is 0 Å². The Labute approximate surface area is 112 Å². The molecule has 18 heavy (non-hydrogen) atoms. The molecule has 0 saturated carbocycles. The van der Waals surface area contributed by atoms with Gasteiger partial charge in [-0.2, -0.15) is 0 Å². The lowest BCUT2D eigenvalue weighted by molar-refractivity contribution is 0.480. The molecular weight excluding hydrogens is 220 g/mol. The van der Waals surface area contributed by atoms with Gasteiger partial charge >= 0.3 is 0 Å². The standard InChI is InChI=1S/C16H28N2/c1-4-15(5-2)13-18(12-8-11-17)16-10-7-6-9-14(16)3/h6-7,9-10,15H,4-5,8,11-13,17H2,1-3H3. The Morgan fingerprint density at radius 2 is 1.83 bits per heavy atom. The molecule has 0 atom stereocenters. The SMILES string of the molecule is CCC(CC)CN(CCCN)c1ccccc1C. The van der Waals surface area contributed by atoms with Crippen LogP contribution in [0.1, 0.15) is 38.7 Å². The van der Waals surface area contributed by atoms with E-state index < -0.39 is 0 Å². The molecule has 1 rings (SSSR count). The quantitative estimate of drug-likeness (QED) is 0.762. The molecule has 0 aromatic heterocycles. The average molecular weight is 248 g/mol. The first-order chi connectivity index (χ1) is 8.72. The number of rotatable bonds is 8. The maximum Gasteiger partial charge on any atom is 0.0396 e. The Bertz CT molecular complexity index is 332. The van der Waals surface area contributed by atoms with E-state index in [0.717, 1.165) is 32.0 Å². The van der Waals surface area contributed by atoms with Gasteiger partial charge in [0.2, 0.25) is 0 Å². The van der Waals surface area contributed by atoms with Crippen LogP contribution in [0.2, 0.25) is 0 Å². The summed E-state index contributed by atoms with van der Waals surface area (Å²) in [5.74, 6) is 0.780. The lowest BCUT2D eigenvalue weighted by atomic mass is 10.0. The van der Waals surface area contributed by atoms with Crippen molar-refractivity contribution in [1.82, 2.24) is 0 Å². The molecule has 0 heterocycles. The summed E-state index contributed by atoms with van der Waals surface area (Å²) in [5.41, 5.74) is 8.40. The molecule has 0 fully saturated rings. The Kier molecular flexibility index (Phi) is 6.81. The lowest BCUT2D eigenvalue weighted by Gasteiger charge is -2.30. The van der Waals surface area contributed by atoms with Crippen LogP contribution in [0.15, 0.2) is 24.3 Å². The Morgan fingerprint density at radius 1 is 1.17 bits per heavy atom. The van der Waals surface area contributed by atoms with Crippen molar-refractivity contribution in [3.63, 3.8) is 0 Å². The molecule has 0 saturated heterocycles. The molecule has 2 N–H and O–H groups in total. The third kappa shape index (κ3) is 4.34. The fraction of sp³-hybridized carbons (Fsp3) is 0.625. The summed E-state index contributed by atoms with van der Waals surface area (Å²) in [4.78, 5) is 2.51. The highest BCUT2D eigenvalue weighted by molar-refractivity contribution is 5.52. The zero-order chi connectivity index (χ0) is 13.4. The Balaban J connectivity index is 2.80. The van der Waals surface area contributed by atoms with Crippen LogP contribution < -0.4 is 10.6 Å².